The van der Waals surface area contributed by atoms with Gasteiger partial charge >= 0.3 is 0 Å². The molecule has 0 aliphatic heterocycles. The summed E-state index contributed by atoms with van der Waals surface area (Å²) in [6, 6.07) is 7.78. The van der Waals surface area contributed by atoms with Crippen molar-refractivity contribution >= 4 is 0 Å². The second-order valence-electron chi connectivity index (χ2n) is 3.82. The number of nitrogens with one attached hydrogen (secondary N) is 1. The molecular weight excluding hydrogens is 214 g/mol. The second kappa shape index (κ2) is 7.66. The summed E-state index contributed by atoms with van der Waals surface area (Å²) in [5.74, 6) is 0.624. The van der Waals surface area contributed by atoms with E-state index >= 15 is 0 Å². The lowest BCUT2D eigenvalue weighted by atomic mass is 10.1. The summed E-state index contributed by atoms with van der Waals surface area (Å²) in [4.78, 5) is 0. The molecule has 0 fully saturated rings. The lowest BCUT2D eigenvalue weighted by Gasteiger charge is -2.07. The van der Waals surface area contributed by atoms with Crippen LogP contribution in [-0.4, -0.2) is 20.2 Å². The molecule has 0 atom stereocenters. The van der Waals surface area contributed by atoms with Crippen molar-refractivity contribution in [2.75, 3.05) is 20.2 Å². The number of nitrogens with zero attached hydrogens (tertiary/aromatic N) is 1. The molecule has 4 nitrogen and oxygen atoms in total. The van der Waals surface area contributed by atoms with E-state index in [9.17, 15) is 0 Å². The smallest absolute Gasteiger partial charge is 0.136 e. The zero-order chi connectivity index (χ0) is 12.5. The number of nitriles is 1. The lowest BCUT2D eigenvalue weighted by Crippen LogP contribution is -2.15. The fourth-order valence-corrected chi connectivity index (χ4v) is 1.58. The molecule has 0 aliphatic carbocycles. The van der Waals surface area contributed by atoms with Crippen LogP contribution < -0.4 is 15.8 Å². The number of hydrogen-bond acceptors (Lipinski definition) is 4. The van der Waals surface area contributed by atoms with Crippen molar-refractivity contribution in [3.63, 3.8) is 0 Å². The molecule has 0 radical (unpaired) electrons. The van der Waals surface area contributed by atoms with Crippen molar-refractivity contribution in [1.29, 1.82) is 5.26 Å². The Labute approximate surface area is 102 Å². The largest absolute Gasteiger partial charge is 0.495 e. The Kier molecular flexibility index (Phi) is 6.08. The number of rotatable bonds is 7. The zero-order valence-corrected chi connectivity index (χ0v) is 10.2. The highest BCUT2D eigenvalue weighted by Gasteiger charge is 2.02. The molecule has 0 aliphatic rings. The van der Waals surface area contributed by atoms with Crippen LogP contribution in [0.5, 0.6) is 5.75 Å². The number of methoxy groups -OCH3 is 1. The summed E-state index contributed by atoms with van der Waals surface area (Å²) in [5, 5.41) is 12.3. The van der Waals surface area contributed by atoms with Crippen LogP contribution in [0.1, 0.15) is 24.0 Å². The van der Waals surface area contributed by atoms with Gasteiger partial charge in [-0.25, -0.2) is 0 Å². The van der Waals surface area contributed by atoms with Gasteiger partial charge in [0.2, 0.25) is 0 Å². The Morgan fingerprint density at radius 2 is 2.24 bits per heavy atom. The second-order valence-corrected chi connectivity index (χ2v) is 3.82. The molecule has 1 rings (SSSR count). The van der Waals surface area contributed by atoms with Crippen molar-refractivity contribution in [1.82, 2.24) is 5.32 Å². The molecule has 0 unspecified atom stereocenters. The number of nitrogens with two attached hydrogens (primary N) is 1. The first-order valence-corrected chi connectivity index (χ1v) is 5.79. The van der Waals surface area contributed by atoms with Crippen LogP contribution in [0.25, 0.3) is 0 Å². The van der Waals surface area contributed by atoms with Gasteiger partial charge < -0.3 is 15.8 Å². The molecular formula is C13H19N3O. The van der Waals surface area contributed by atoms with E-state index in [0.717, 1.165) is 38.0 Å². The summed E-state index contributed by atoms with van der Waals surface area (Å²) in [5.41, 5.74) is 7.08. The van der Waals surface area contributed by atoms with Gasteiger partial charge in [-0.05, 0) is 43.6 Å². The third-order valence-electron chi connectivity index (χ3n) is 2.52. The Hall–Kier alpha value is -1.57. The maximum absolute atomic E-state index is 8.95. The van der Waals surface area contributed by atoms with E-state index < -0.39 is 0 Å². The minimum atomic E-state index is 0.578. The summed E-state index contributed by atoms with van der Waals surface area (Å²) in [6.45, 7) is 2.46. The Morgan fingerprint density at radius 1 is 1.41 bits per heavy atom. The molecule has 0 amide bonds. The normalized spacial score (nSPS) is 9.94. The minimum absolute atomic E-state index is 0.578. The number of unbranched alkanes of at least 4 members (excludes halogenated alkanes) is 1. The number of ether oxygens (including phenoxy) is 1. The van der Waals surface area contributed by atoms with Crippen LogP contribution >= 0.6 is 0 Å². The SMILES string of the molecule is COc1ccc(CNCCCCN)cc1C#N. The van der Waals surface area contributed by atoms with E-state index in [1.165, 1.54) is 0 Å². The molecule has 92 valence electrons. The standard InChI is InChI=1S/C13H19N3O/c1-17-13-5-4-11(8-12(13)9-15)10-16-7-3-2-6-14/h4-5,8,16H,2-3,6-7,10,14H2,1H3. The predicted molar refractivity (Wildman–Crippen MR) is 67.7 cm³/mol. The van der Waals surface area contributed by atoms with Crippen LogP contribution in [0.4, 0.5) is 0 Å². The van der Waals surface area contributed by atoms with Gasteiger partial charge in [0.15, 0.2) is 0 Å². The van der Waals surface area contributed by atoms with Gasteiger partial charge in [0, 0.05) is 6.54 Å². The van der Waals surface area contributed by atoms with Crippen LogP contribution in [0.2, 0.25) is 0 Å². The van der Waals surface area contributed by atoms with Crippen molar-refractivity contribution in [2.24, 2.45) is 5.73 Å². The van der Waals surface area contributed by atoms with Crippen molar-refractivity contribution in [3.05, 3.63) is 29.3 Å². The summed E-state index contributed by atoms with van der Waals surface area (Å²) in [7, 11) is 1.57. The van der Waals surface area contributed by atoms with Gasteiger partial charge in [-0.1, -0.05) is 6.07 Å². The van der Waals surface area contributed by atoms with Crippen molar-refractivity contribution < 1.29 is 4.74 Å². The molecule has 4 heteroatoms. The average Bonchev–Trinajstić information content (AvgIpc) is 2.38. The van der Waals surface area contributed by atoms with Crippen LogP contribution in [-0.2, 0) is 6.54 Å². The highest BCUT2D eigenvalue weighted by Crippen LogP contribution is 2.18. The molecule has 0 aromatic heterocycles. The molecule has 0 bridgehead atoms. The van der Waals surface area contributed by atoms with Crippen molar-refractivity contribution in [3.8, 4) is 11.8 Å². The first-order valence-electron chi connectivity index (χ1n) is 5.79. The topological polar surface area (TPSA) is 71.1 Å². The summed E-state index contributed by atoms with van der Waals surface area (Å²) < 4.78 is 5.09. The molecule has 1 aromatic carbocycles. The van der Waals surface area contributed by atoms with Gasteiger partial charge in [-0.15, -0.1) is 0 Å². The molecule has 3 N–H and O–H groups in total. The fraction of sp³-hybridized carbons (Fsp3) is 0.462. The highest BCUT2D eigenvalue weighted by molar-refractivity contribution is 5.45. The molecule has 0 saturated heterocycles. The van der Waals surface area contributed by atoms with E-state index in [0.29, 0.717) is 11.3 Å². The number of hydrogen-bond donors (Lipinski definition) is 2. The maximum atomic E-state index is 8.95. The minimum Gasteiger partial charge on any atom is -0.495 e. The van der Waals surface area contributed by atoms with Crippen LogP contribution in [0, 0.1) is 11.3 Å². The average molecular weight is 233 g/mol. The first-order chi connectivity index (χ1) is 8.31. The summed E-state index contributed by atoms with van der Waals surface area (Å²) >= 11 is 0. The Bertz CT molecular complexity index is 385. The maximum Gasteiger partial charge on any atom is 0.136 e. The van der Waals surface area contributed by atoms with E-state index in [1.54, 1.807) is 7.11 Å². The summed E-state index contributed by atoms with van der Waals surface area (Å²) in [6.07, 6.45) is 2.12. The van der Waals surface area contributed by atoms with Crippen LogP contribution in [0.15, 0.2) is 18.2 Å². The van der Waals surface area contributed by atoms with Crippen LogP contribution in [0.3, 0.4) is 0 Å². The third kappa shape index (κ3) is 4.43. The Morgan fingerprint density at radius 3 is 2.88 bits per heavy atom. The van der Waals surface area contributed by atoms with Gasteiger partial charge in [-0.3, -0.25) is 0 Å². The fourth-order valence-electron chi connectivity index (χ4n) is 1.58. The van der Waals surface area contributed by atoms with E-state index in [2.05, 4.69) is 11.4 Å². The van der Waals surface area contributed by atoms with Gasteiger partial charge in [0.1, 0.15) is 11.8 Å². The first kappa shape index (κ1) is 13.5. The van der Waals surface area contributed by atoms with Crippen molar-refractivity contribution in [2.45, 2.75) is 19.4 Å². The molecule has 17 heavy (non-hydrogen) atoms. The van der Waals surface area contributed by atoms with Gasteiger partial charge in [-0.2, -0.15) is 5.26 Å². The van der Waals surface area contributed by atoms with E-state index in [-0.39, 0.29) is 0 Å². The highest BCUT2D eigenvalue weighted by atomic mass is 16.5. The molecule has 0 spiro atoms. The Balaban J connectivity index is 2.47. The van der Waals surface area contributed by atoms with Gasteiger partial charge in [0.25, 0.3) is 0 Å². The van der Waals surface area contributed by atoms with E-state index in [1.807, 2.05) is 18.2 Å². The van der Waals surface area contributed by atoms with Gasteiger partial charge in [0.05, 0.1) is 12.7 Å². The number of benzene rings is 1. The molecule has 0 saturated carbocycles. The van der Waals surface area contributed by atoms with E-state index in [4.69, 9.17) is 15.7 Å². The predicted octanol–water partition coefficient (Wildman–Crippen LogP) is 1.40. The third-order valence-corrected chi connectivity index (χ3v) is 2.52. The lowest BCUT2D eigenvalue weighted by molar-refractivity contribution is 0.413. The molecule has 0 heterocycles. The molecule has 1 aromatic rings. The zero-order valence-electron chi connectivity index (χ0n) is 10.2. The quantitative estimate of drug-likeness (QED) is 0.698. The monoisotopic (exact) mass is 233 g/mol.